The second-order valence-electron chi connectivity index (χ2n) is 3.27. The van der Waals surface area contributed by atoms with Gasteiger partial charge in [0.05, 0.1) is 11.0 Å². The van der Waals surface area contributed by atoms with Crippen LogP contribution in [0.5, 0.6) is 0 Å². The van der Waals surface area contributed by atoms with Crippen LogP contribution in [0.3, 0.4) is 0 Å². The van der Waals surface area contributed by atoms with Crippen LogP contribution in [-0.2, 0) is 0 Å². The van der Waals surface area contributed by atoms with E-state index in [0.29, 0.717) is 16.6 Å². The first-order valence-corrected chi connectivity index (χ1v) is 4.36. The molecule has 3 rings (SSSR count). The highest BCUT2D eigenvalue weighted by Gasteiger charge is 2.12. The Kier molecular flexibility index (Phi) is 1.45. The third-order valence-corrected chi connectivity index (χ3v) is 2.27. The van der Waals surface area contributed by atoms with Crippen molar-refractivity contribution in [1.29, 1.82) is 0 Å². The Morgan fingerprint density at radius 3 is 2.31 bits per heavy atom. The highest BCUT2D eigenvalue weighted by Crippen LogP contribution is 2.13. The zero-order valence-electron chi connectivity index (χ0n) is 7.73. The molecular weight excluding hydrogens is 216 g/mol. The smallest absolute Gasteiger partial charge is 0.314 e. The van der Waals surface area contributed by atoms with Gasteiger partial charge in [-0.25, -0.2) is 0 Å². The molecule has 3 aromatic rings. The largest absolute Gasteiger partial charge is 0.316 e. The number of benzene rings is 1. The third kappa shape index (κ3) is 1.03. The van der Waals surface area contributed by atoms with Crippen molar-refractivity contribution in [3.63, 3.8) is 0 Å². The van der Waals surface area contributed by atoms with Crippen molar-refractivity contribution < 1.29 is 9.23 Å². The van der Waals surface area contributed by atoms with Crippen molar-refractivity contribution in [3.05, 3.63) is 37.7 Å². The van der Waals surface area contributed by atoms with Crippen molar-refractivity contribution in [1.82, 2.24) is 15.1 Å². The van der Waals surface area contributed by atoms with Crippen molar-refractivity contribution >= 4 is 22.1 Å². The maximum atomic E-state index is 11.1. The molecule has 1 aromatic carbocycles. The molecule has 0 amide bonds. The topological polar surface area (TPSA) is 118 Å². The molecule has 0 aliphatic heterocycles. The standard InChI is InChI=1S/C8H4N4O4/c13-7-8(14)10-4-2-6-5(1-3(4)9-7)11-16-12(6)15/h1-2H,(H2-,9,10,11,13,14,15)/p+1. The van der Waals surface area contributed by atoms with Crippen LogP contribution < -0.4 is 15.7 Å². The van der Waals surface area contributed by atoms with E-state index in [1.165, 1.54) is 12.1 Å². The Morgan fingerprint density at radius 2 is 1.62 bits per heavy atom. The van der Waals surface area contributed by atoms with Crippen molar-refractivity contribution in [2.45, 2.75) is 0 Å². The monoisotopic (exact) mass is 221 g/mol. The number of aromatic nitrogens is 4. The molecule has 0 aliphatic carbocycles. The number of fused-ring (bicyclic) bond motifs is 2. The van der Waals surface area contributed by atoms with Gasteiger partial charge in [0.1, 0.15) is 0 Å². The minimum atomic E-state index is -0.767. The summed E-state index contributed by atoms with van der Waals surface area (Å²) in [5.74, 6) is 0. The van der Waals surface area contributed by atoms with Gasteiger partial charge in [0.15, 0.2) is 4.60 Å². The lowest BCUT2D eigenvalue weighted by atomic mass is 10.2. The molecule has 0 unspecified atom stereocenters. The van der Waals surface area contributed by atoms with E-state index in [1.807, 2.05) is 0 Å². The van der Waals surface area contributed by atoms with Crippen molar-refractivity contribution in [2.24, 2.45) is 0 Å². The van der Waals surface area contributed by atoms with E-state index in [4.69, 9.17) is 0 Å². The molecule has 3 N–H and O–H groups in total. The molecule has 2 heterocycles. The molecule has 0 atom stereocenters. The summed E-state index contributed by atoms with van der Waals surface area (Å²) >= 11 is 0. The molecule has 0 saturated carbocycles. The molecular formula is C8H5N4O4+. The lowest BCUT2D eigenvalue weighted by molar-refractivity contribution is -0.692. The van der Waals surface area contributed by atoms with E-state index in [-0.39, 0.29) is 10.1 Å². The molecule has 0 aliphatic rings. The predicted octanol–water partition coefficient (Wildman–Crippen LogP) is -0.795. The van der Waals surface area contributed by atoms with E-state index in [1.54, 1.807) is 0 Å². The fourth-order valence-electron chi connectivity index (χ4n) is 1.53. The summed E-state index contributed by atoms with van der Waals surface area (Å²) in [5, 5.41) is 2.38. The fraction of sp³-hybridized carbons (Fsp3) is 0. The van der Waals surface area contributed by atoms with Crippen molar-refractivity contribution in [2.75, 3.05) is 0 Å². The average molecular weight is 221 g/mol. The zero-order chi connectivity index (χ0) is 11.3. The predicted molar refractivity (Wildman–Crippen MR) is 52.7 cm³/mol. The summed E-state index contributed by atoms with van der Waals surface area (Å²) in [4.78, 5) is 38.0. The highest BCUT2D eigenvalue weighted by atomic mass is 16.7. The first kappa shape index (κ1) is 8.65. The number of nitrogens with one attached hydrogen (secondary N) is 3. The molecule has 0 bridgehead atoms. The minimum Gasteiger partial charge on any atom is -0.316 e. The van der Waals surface area contributed by atoms with Gasteiger partial charge in [-0.05, 0) is 4.91 Å². The van der Waals surface area contributed by atoms with Gasteiger partial charge >= 0.3 is 11.1 Å². The highest BCUT2D eigenvalue weighted by molar-refractivity contribution is 5.88. The number of hydrogen-bond donors (Lipinski definition) is 3. The number of H-pyrrole nitrogens is 3. The van der Waals surface area contributed by atoms with Crippen molar-refractivity contribution in [3.8, 4) is 0 Å². The molecule has 8 nitrogen and oxygen atoms in total. The maximum absolute atomic E-state index is 11.1. The van der Waals surface area contributed by atoms with Gasteiger partial charge in [-0.15, -0.1) is 0 Å². The van der Waals surface area contributed by atoms with E-state index in [9.17, 15) is 14.5 Å². The van der Waals surface area contributed by atoms with E-state index in [0.717, 1.165) is 0 Å². The molecule has 0 fully saturated rings. The summed E-state index contributed by atoms with van der Waals surface area (Å²) < 4.78 is 4.77. The third-order valence-electron chi connectivity index (χ3n) is 2.27. The van der Waals surface area contributed by atoms with Crippen LogP contribution in [-0.4, -0.2) is 15.1 Å². The molecule has 0 radical (unpaired) electrons. The summed E-state index contributed by atoms with van der Waals surface area (Å²) in [6.45, 7) is 0. The minimum absolute atomic E-state index is 0.232. The van der Waals surface area contributed by atoms with Crippen LogP contribution in [0, 0.1) is 4.91 Å². The molecule has 0 saturated heterocycles. The SMILES string of the molecule is O=c1[nH]c2cc3[nH]o[n+](=O)c3cc2[nH]c1=O. The van der Waals surface area contributed by atoms with Crippen LogP contribution >= 0.6 is 0 Å². The summed E-state index contributed by atoms with van der Waals surface area (Å²) in [7, 11) is 0. The second-order valence-corrected chi connectivity index (χ2v) is 3.27. The van der Waals surface area contributed by atoms with Gasteiger partial charge in [0, 0.05) is 12.1 Å². The van der Waals surface area contributed by atoms with E-state index in [2.05, 4.69) is 19.8 Å². The van der Waals surface area contributed by atoms with Crippen LogP contribution in [0.2, 0.25) is 0 Å². The average Bonchev–Trinajstić information content (AvgIpc) is 2.59. The van der Waals surface area contributed by atoms with Gasteiger partial charge in [-0.3, -0.25) is 9.59 Å². The van der Waals surface area contributed by atoms with Gasteiger partial charge in [-0.1, -0.05) is 9.79 Å². The van der Waals surface area contributed by atoms with E-state index >= 15 is 0 Å². The summed E-state index contributed by atoms with van der Waals surface area (Å²) in [6, 6.07) is 2.91. The maximum Gasteiger partial charge on any atom is 0.314 e. The number of nitrogens with zero attached hydrogens (tertiary/aromatic N) is 1. The molecule has 0 spiro atoms. The van der Waals surface area contributed by atoms with Gasteiger partial charge in [0.2, 0.25) is 5.52 Å². The number of rotatable bonds is 0. The Balaban J connectivity index is 2.63. The second kappa shape index (κ2) is 2.69. The quantitative estimate of drug-likeness (QED) is 0.431. The Hall–Kier alpha value is -2.64. The van der Waals surface area contributed by atoms with Gasteiger partial charge in [0.25, 0.3) is 5.52 Å². The fourth-order valence-corrected chi connectivity index (χ4v) is 1.53. The molecule has 8 heteroatoms. The molecule has 2 aromatic heterocycles. The first-order chi connectivity index (χ1) is 7.65. The normalized spacial score (nSPS) is 11.2. The first-order valence-electron chi connectivity index (χ1n) is 4.36. The van der Waals surface area contributed by atoms with E-state index < -0.39 is 11.1 Å². The lowest BCUT2D eigenvalue weighted by Crippen LogP contribution is -2.28. The summed E-state index contributed by atoms with van der Waals surface area (Å²) in [6.07, 6.45) is 0. The Labute approximate surface area is 85.0 Å². The molecule has 16 heavy (non-hydrogen) atoms. The van der Waals surface area contributed by atoms with Crippen LogP contribution in [0.4, 0.5) is 0 Å². The van der Waals surface area contributed by atoms with Crippen LogP contribution in [0.15, 0.2) is 26.4 Å². The van der Waals surface area contributed by atoms with Gasteiger partial charge < -0.3 is 9.97 Å². The van der Waals surface area contributed by atoms with Gasteiger partial charge in [-0.2, -0.15) is 0 Å². The van der Waals surface area contributed by atoms with Crippen LogP contribution in [0.1, 0.15) is 0 Å². The number of aromatic amines is 3. The Bertz CT molecular complexity index is 865. The summed E-state index contributed by atoms with van der Waals surface area (Å²) in [5.41, 5.74) is -0.0891. The zero-order valence-corrected chi connectivity index (χ0v) is 7.73. The Morgan fingerprint density at radius 1 is 1.00 bits per heavy atom. The number of hydrogen-bond acceptors (Lipinski definition) is 4. The molecule has 80 valence electrons. The lowest BCUT2D eigenvalue weighted by Gasteiger charge is -1.92. The van der Waals surface area contributed by atoms with Crippen LogP contribution in [0.25, 0.3) is 22.1 Å².